The third-order valence-electron chi connectivity index (χ3n) is 4.09. The van der Waals surface area contributed by atoms with Crippen LogP contribution in [-0.2, 0) is 0 Å². The van der Waals surface area contributed by atoms with E-state index in [1.54, 1.807) is 18.5 Å². The van der Waals surface area contributed by atoms with Gasteiger partial charge in [-0.3, -0.25) is 10.0 Å². The van der Waals surface area contributed by atoms with Gasteiger partial charge < -0.3 is 10.2 Å². The van der Waals surface area contributed by atoms with Crippen molar-refractivity contribution in [3.63, 3.8) is 0 Å². The molecule has 2 unspecified atom stereocenters. The second-order valence-corrected chi connectivity index (χ2v) is 6.06. The number of aromatic nitrogens is 1. The number of hydrazone groups is 1. The van der Waals surface area contributed by atoms with Crippen molar-refractivity contribution in [2.75, 3.05) is 25.5 Å². The van der Waals surface area contributed by atoms with Crippen LogP contribution in [0.4, 0.5) is 5.69 Å². The van der Waals surface area contributed by atoms with Gasteiger partial charge in [-0.1, -0.05) is 11.6 Å². The molecule has 1 aromatic heterocycles. The van der Waals surface area contributed by atoms with Crippen LogP contribution in [0, 0.1) is 5.92 Å². The van der Waals surface area contributed by atoms with Crippen molar-refractivity contribution in [1.82, 2.24) is 14.9 Å². The normalized spacial score (nSPS) is 25.5. The molecule has 0 amide bonds. The Morgan fingerprint density at radius 1 is 1.39 bits per heavy atom. The lowest BCUT2D eigenvalue weighted by molar-refractivity contribution is 0.299. The van der Waals surface area contributed by atoms with Crippen molar-refractivity contribution in [3.05, 3.63) is 35.9 Å². The van der Waals surface area contributed by atoms with Gasteiger partial charge in [-0.25, -0.2) is 9.98 Å². The first-order valence-electron chi connectivity index (χ1n) is 7.42. The number of anilines is 1. The fraction of sp³-hybridized carbons (Fsp3) is 0.333. The van der Waals surface area contributed by atoms with E-state index in [1.165, 1.54) is 0 Å². The number of aliphatic imine (C=N–C) groups is 2. The zero-order valence-electron chi connectivity index (χ0n) is 12.6. The van der Waals surface area contributed by atoms with Crippen LogP contribution in [0.3, 0.4) is 0 Å². The average molecular weight is 330 g/mol. The highest BCUT2D eigenvalue weighted by Gasteiger charge is 2.37. The Bertz CT molecular complexity index is 739. The third-order valence-corrected chi connectivity index (χ3v) is 4.29. The molecule has 3 aliphatic rings. The second kappa shape index (κ2) is 5.66. The van der Waals surface area contributed by atoms with Crippen LogP contribution in [0.25, 0.3) is 0 Å². The zero-order valence-corrected chi connectivity index (χ0v) is 13.4. The van der Waals surface area contributed by atoms with Gasteiger partial charge in [-0.2, -0.15) is 5.10 Å². The van der Waals surface area contributed by atoms with Gasteiger partial charge in [-0.15, -0.1) is 0 Å². The molecule has 0 saturated carbocycles. The van der Waals surface area contributed by atoms with Crippen molar-refractivity contribution in [1.29, 1.82) is 0 Å². The summed E-state index contributed by atoms with van der Waals surface area (Å²) in [7, 11) is 1.99. The second-order valence-electron chi connectivity index (χ2n) is 5.68. The highest BCUT2D eigenvalue weighted by Crippen LogP contribution is 2.24. The largest absolute Gasteiger partial charge is 0.337 e. The maximum Gasteiger partial charge on any atom is 0.173 e. The summed E-state index contributed by atoms with van der Waals surface area (Å²) in [6, 6.07) is 3.89. The van der Waals surface area contributed by atoms with Crippen LogP contribution in [0.15, 0.2) is 45.8 Å². The molecule has 8 heteroatoms. The van der Waals surface area contributed by atoms with E-state index in [9.17, 15) is 0 Å². The molecule has 23 heavy (non-hydrogen) atoms. The molecule has 4 heterocycles. The number of fused-ring (bicyclic) bond motifs is 1. The highest BCUT2D eigenvalue weighted by atomic mass is 35.5. The van der Waals surface area contributed by atoms with Gasteiger partial charge in [0.15, 0.2) is 11.7 Å². The lowest BCUT2D eigenvalue weighted by atomic mass is 10.0. The summed E-state index contributed by atoms with van der Waals surface area (Å²) in [5.41, 5.74) is 0.840. The van der Waals surface area contributed by atoms with Gasteiger partial charge in [0.25, 0.3) is 0 Å². The van der Waals surface area contributed by atoms with Crippen LogP contribution in [0.2, 0.25) is 5.15 Å². The van der Waals surface area contributed by atoms with E-state index in [-0.39, 0.29) is 6.04 Å². The maximum absolute atomic E-state index is 5.93. The molecule has 0 bridgehead atoms. The first kappa shape index (κ1) is 14.2. The first-order chi connectivity index (χ1) is 11.2. The molecular formula is C15H16ClN7. The van der Waals surface area contributed by atoms with Gasteiger partial charge in [0.05, 0.1) is 12.6 Å². The summed E-state index contributed by atoms with van der Waals surface area (Å²) in [6.07, 6.45) is 7.44. The Balaban J connectivity index is 1.52. The molecule has 0 spiro atoms. The molecular weight excluding hydrogens is 314 g/mol. The van der Waals surface area contributed by atoms with Crippen LogP contribution < -0.4 is 5.32 Å². The van der Waals surface area contributed by atoms with Gasteiger partial charge >= 0.3 is 0 Å². The van der Waals surface area contributed by atoms with E-state index in [0.29, 0.717) is 11.1 Å². The maximum atomic E-state index is 5.93. The highest BCUT2D eigenvalue weighted by molar-refractivity contribution is 6.45. The molecule has 2 atom stereocenters. The number of amidine groups is 2. The van der Waals surface area contributed by atoms with Gasteiger partial charge in [0, 0.05) is 50.0 Å². The molecule has 0 saturated heterocycles. The fourth-order valence-corrected chi connectivity index (χ4v) is 3.16. The molecule has 1 N–H and O–H groups in total. The van der Waals surface area contributed by atoms with E-state index >= 15 is 0 Å². The van der Waals surface area contributed by atoms with E-state index in [4.69, 9.17) is 11.6 Å². The summed E-state index contributed by atoms with van der Waals surface area (Å²) >= 11 is 5.93. The van der Waals surface area contributed by atoms with Crippen LogP contribution in [-0.4, -0.2) is 59.0 Å². The van der Waals surface area contributed by atoms with Crippen molar-refractivity contribution in [2.24, 2.45) is 21.0 Å². The van der Waals surface area contributed by atoms with Gasteiger partial charge in [0.2, 0.25) is 0 Å². The summed E-state index contributed by atoms with van der Waals surface area (Å²) in [5, 5.41) is 10.0. The summed E-state index contributed by atoms with van der Waals surface area (Å²) in [6.45, 7) is 1.65. The minimum Gasteiger partial charge on any atom is -0.337 e. The van der Waals surface area contributed by atoms with Crippen molar-refractivity contribution in [3.8, 4) is 0 Å². The number of nitrogens with zero attached hydrogens (tertiary/aromatic N) is 6. The van der Waals surface area contributed by atoms with Crippen LogP contribution >= 0.6 is 11.6 Å². The molecule has 118 valence electrons. The number of hydrogen-bond acceptors (Lipinski definition) is 7. The number of pyridine rings is 1. The molecule has 1 aromatic rings. The Morgan fingerprint density at radius 3 is 3.09 bits per heavy atom. The zero-order chi connectivity index (χ0) is 15.8. The standard InChI is InChI=1S/C15H16ClN7/c1-22-9-10(7-20-22)12-8-19-15-14(18-4-5-23(12)15)21-11-2-3-17-13(16)6-11/h2-7,10,12H,8-9H2,1H3,(H,17,18,21). The molecule has 7 nitrogen and oxygen atoms in total. The predicted molar refractivity (Wildman–Crippen MR) is 92.0 cm³/mol. The van der Waals surface area contributed by atoms with Crippen molar-refractivity contribution in [2.45, 2.75) is 6.04 Å². The van der Waals surface area contributed by atoms with E-state index in [0.717, 1.165) is 30.4 Å². The number of rotatable bonds is 2. The Hall–Kier alpha value is -2.41. The number of halogens is 1. The summed E-state index contributed by atoms with van der Waals surface area (Å²) in [5.74, 6) is 1.94. The first-order valence-corrected chi connectivity index (χ1v) is 7.80. The minimum atomic E-state index is 0.281. The Kier molecular flexibility index (Phi) is 3.49. The SMILES string of the molecule is CN1CC(C2CN=C3C(Nc4ccnc(Cl)c4)=NC=CN32)C=N1. The predicted octanol–water partition coefficient (Wildman–Crippen LogP) is 1.66. The van der Waals surface area contributed by atoms with E-state index < -0.39 is 0 Å². The number of nitrogens with one attached hydrogen (secondary N) is 1. The molecule has 0 aromatic carbocycles. The fourth-order valence-electron chi connectivity index (χ4n) is 2.99. The minimum absolute atomic E-state index is 0.281. The third kappa shape index (κ3) is 2.68. The Morgan fingerprint density at radius 2 is 2.30 bits per heavy atom. The summed E-state index contributed by atoms with van der Waals surface area (Å²) in [4.78, 5) is 15.3. The smallest absolute Gasteiger partial charge is 0.173 e. The molecule has 0 fully saturated rings. The molecule has 0 radical (unpaired) electrons. The lowest BCUT2D eigenvalue weighted by Crippen LogP contribution is -2.45. The van der Waals surface area contributed by atoms with Crippen LogP contribution in [0.1, 0.15) is 0 Å². The number of hydrogen-bond donors (Lipinski definition) is 1. The summed E-state index contributed by atoms with van der Waals surface area (Å²) < 4.78 is 0. The van der Waals surface area contributed by atoms with Crippen molar-refractivity contribution >= 4 is 35.2 Å². The lowest BCUT2D eigenvalue weighted by Gasteiger charge is -2.29. The average Bonchev–Trinajstić information content (AvgIpc) is 3.14. The van der Waals surface area contributed by atoms with E-state index in [2.05, 4.69) is 30.3 Å². The molecule has 0 aliphatic carbocycles. The van der Waals surface area contributed by atoms with Crippen LogP contribution in [0.5, 0.6) is 0 Å². The quantitative estimate of drug-likeness (QED) is 0.838. The monoisotopic (exact) mass is 329 g/mol. The van der Waals surface area contributed by atoms with E-state index in [1.807, 2.05) is 30.5 Å². The topological polar surface area (TPSA) is 68.5 Å². The molecule has 4 rings (SSSR count). The molecule has 3 aliphatic heterocycles. The van der Waals surface area contributed by atoms with Crippen molar-refractivity contribution < 1.29 is 0 Å². The Labute approximate surface area is 139 Å². The van der Waals surface area contributed by atoms with Gasteiger partial charge in [0.1, 0.15) is 5.15 Å². The van der Waals surface area contributed by atoms with Gasteiger partial charge in [-0.05, 0) is 12.1 Å².